The predicted molar refractivity (Wildman–Crippen MR) is 204 cm³/mol. The van der Waals surface area contributed by atoms with Gasteiger partial charge in [0.05, 0.1) is 24.3 Å². The van der Waals surface area contributed by atoms with Gasteiger partial charge in [-0.3, -0.25) is 0 Å². The highest BCUT2D eigenvalue weighted by molar-refractivity contribution is 7.82. The molecule has 0 spiro atoms. The minimum atomic E-state index is -1.36. The molecule has 8 rings (SSSR count). The van der Waals surface area contributed by atoms with E-state index in [0.717, 1.165) is 21.9 Å². The van der Waals surface area contributed by atoms with Crippen LogP contribution in [-0.2, 0) is 0 Å². The van der Waals surface area contributed by atoms with Crippen LogP contribution in [0.15, 0.2) is 112 Å². The van der Waals surface area contributed by atoms with Crippen LogP contribution in [0.5, 0.6) is 0 Å². The van der Waals surface area contributed by atoms with E-state index in [1.165, 1.54) is 72.9 Å². The molecule has 3 atom stereocenters. The van der Waals surface area contributed by atoms with Crippen LogP contribution in [0, 0.1) is 5.92 Å². The molecule has 1 heterocycles. The lowest BCUT2D eigenvalue weighted by Crippen LogP contribution is -2.39. The summed E-state index contributed by atoms with van der Waals surface area (Å²) in [5, 5.41) is 8.63. The Morgan fingerprint density at radius 3 is 1.67 bits per heavy atom. The molecule has 0 saturated heterocycles. The standard InChI is InChI=1S/C36H38NO2P2.C5H10/c1-25(29-19-12-20-34(29)41(3,4)28-15-6-5-7-16-28)37(2)40-38-32-23-21-26-13-8-10-17-30(26)35(32)36-31-18-11-9-14-27(31)22-24-33(36)39-40;1-2-4-5-3-1/h5-11,13-18,21-25,29,34H,12,19-20H2,1-4H3;1-5H2/q+1;/t25-,29?,34?;/m1./s1. The fourth-order valence-electron chi connectivity index (χ4n) is 8.13. The van der Waals surface area contributed by atoms with E-state index in [0.29, 0.717) is 17.6 Å². The van der Waals surface area contributed by atoms with Gasteiger partial charge in [-0.2, -0.15) is 0 Å². The Bertz CT molecular complexity index is 1890. The zero-order chi connectivity index (χ0) is 31.7. The topological polar surface area (TPSA) is 29.5 Å². The van der Waals surface area contributed by atoms with Crippen LogP contribution in [0.1, 0.15) is 58.3 Å². The number of hydrogen-bond donors (Lipinski definition) is 0. The SMILES string of the molecule is C1CCCC1.C[C@H](C1CCCC1[P+](C)(C)c1ccccc1)N(C)p1oc2ccc3ccccc3c2c2c(ccc3ccccc32)o1. The van der Waals surface area contributed by atoms with Gasteiger partial charge in [-0.1, -0.05) is 111 Å². The molecule has 2 aliphatic rings. The Kier molecular flexibility index (Phi) is 9.29. The van der Waals surface area contributed by atoms with Crippen LogP contribution in [0.3, 0.4) is 0 Å². The van der Waals surface area contributed by atoms with Crippen LogP contribution in [0.25, 0.3) is 43.5 Å². The largest absolute Gasteiger partial charge is 0.408 e. The Morgan fingerprint density at radius 1 is 0.630 bits per heavy atom. The number of fused-ring (bicyclic) bond motifs is 7. The molecular formula is C41H48NO2P2+. The summed E-state index contributed by atoms with van der Waals surface area (Å²) in [6, 6.07) is 37.5. The molecule has 0 amide bonds. The van der Waals surface area contributed by atoms with E-state index in [1.54, 1.807) is 5.30 Å². The second kappa shape index (κ2) is 13.6. The average Bonchev–Trinajstić information content (AvgIpc) is 3.82. The highest BCUT2D eigenvalue weighted by Gasteiger charge is 2.48. The summed E-state index contributed by atoms with van der Waals surface area (Å²) >= 11 is 0. The summed E-state index contributed by atoms with van der Waals surface area (Å²) in [5.74, 6) is 0.605. The van der Waals surface area contributed by atoms with Crippen molar-refractivity contribution in [3.8, 4) is 0 Å². The smallest absolute Gasteiger partial charge is 0.309 e. The molecule has 1 aromatic heterocycles. The van der Waals surface area contributed by atoms with Crippen molar-refractivity contribution in [2.24, 2.45) is 5.92 Å². The van der Waals surface area contributed by atoms with Gasteiger partial charge in [-0.25, -0.2) is 4.67 Å². The van der Waals surface area contributed by atoms with Gasteiger partial charge in [0, 0.05) is 37.0 Å². The number of hydrogen-bond acceptors (Lipinski definition) is 3. The maximum atomic E-state index is 6.92. The van der Waals surface area contributed by atoms with Crippen molar-refractivity contribution in [1.29, 1.82) is 0 Å². The molecule has 5 heteroatoms. The van der Waals surface area contributed by atoms with Gasteiger partial charge < -0.3 is 8.39 Å². The normalized spacial score (nSPS) is 19.2. The first-order valence-corrected chi connectivity index (χ1v) is 21.1. The molecule has 0 radical (unpaired) electrons. The molecule has 3 nitrogen and oxygen atoms in total. The average molecular weight is 649 g/mol. The van der Waals surface area contributed by atoms with Crippen molar-refractivity contribution in [3.63, 3.8) is 0 Å². The Hall–Kier alpha value is -3.09. The van der Waals surface area contributed by atoms with E-state index in [-0.39, 0.29) is 0 Å². The fourth-order valence-corrected chi connectivity index (χ4v) is 13.0. The van der Waals surface area contributed by atoms with E-state index >= 15 is 0 Å². The molecule has 2 aliphatic carbocycles. The van der Waals surface area contributed by atoms with Crippen molar-refractivity contribution >= 4 is 64.2 Å². The second-order valence-corrected chi connectivity index (χ2v) is 19.6. The van der Waals surface area contributed by atoms with E-state index in [4.69, 9.17) is 8.39 Å². The van der Waals surface area contributed by atoms with Crippen LogP contribution in [0.4, 0.5) is 0 Å². The quantitative estimate of drug-likeness (QED) is 0.174. The van der Waals surface area contributed by atoms with Crippen molar-refractivity contribution in [2.75, 3.05) is 25.0 Å². The Balaban J connectivity index is 0.000000619. The number of nitrogens with zero attached hydrogens (tertiary/aromatic N) is 1. The molecule has 0 aliphatic heterocycles. The highest BCUT2D eigenvalue weighted by atomic mass is 31.2. The van der Waals surface area contributed by atoms with Crippen molar-refractivity contribution in [2.45, 2.75) is 70.0 Å². The van der Waals surface area contributed by atoms with Crippen LogP contribution >= 0.6 is 15.4 Å². The molecule has 0 bridgehead atoms. The first-order valence-electron chi connectivity index (χ1n) is 17.3. The third-order valence-corrected chi connectivity index (χ3v) is 16.4. The monoisotopic (exact) mass is 648 g/mol. The summed E-state index contributed by atoms with van der Waals surface area (Å²) in [4.78, 5) is 0. The number of rotatable bonds is 5. The summed E-state index contributed by atoms with van der Waals surface area (Å²) < 4.78 is 16.3. The van der Waals surface area contributed by atoms with Crippen LogP contribution in [0.2, 0.25) is 0 Å². The van der Waals surface area contributed by atoms with Crippen LogP contribution in [-0.4, -0.2) is 32.1 Å². The highest BCUT2D eigenvalue weighted by Crippen LogP contribution is 2.62. The summed E-state index contributed by atoms with van der Waals surface area (Å²) in [6.07, 6.45) is 11.4. The molecule has 5 aromatic carbocycles. The van der Waals surface area contributed by atoms with E-state index < -0.39 is 15.4 Å². The van der Waals surface area contributed by atoms with Gasteiger partial charge >= 0.3 is 8.16 Å². The van der Waals surface area contributed by atoms with Gasteiger partial charge in [-0.15, -0.1) is 0 Å². The maximum Gasteiger partial charge on any atom is 0.309 e. The van der Waals surface area contributed by atoms with Crippen LogP contribution < -0.4 is 9.97 Å². The lowest BCUT2D eigenvalue weighted by Gasteiger charge is -2.35. The molecule has 2 unspecified atom stereocenters. The lowest BCUT2D eigenvalue weighted by molar-refractivity contribution is 0.449. The minimum absolute atomic E-state index is 0.336. The molecule has 238 valence electrons. The molecule has 6 aromatic rings. The predicted octanol–water partition coefficient (Wildman–Crippen LogP) is 12.3. The maximum absolute atomic E-state index is 6.92. The Morgan fingerprint density at radius 2 is 1.13 bits per heavy atom. The zero-order valence-corrected chi connectivity index (χ0v) is 29.7. The summed E-state index contributed by atoms with van der Waals surface area (Å²) in [5.41, 5.74) is 2.52. The minimum Gasteiger partial charge on any atom is -0.408 e. The third kappa shape index (κ3) is 6.04. The first-order chi connectivity index (χ1) is 22.4. The first kappa shape index (κ1) is 31.5. The van der Waals surface area contributed by atoms with E-state index in [2.05, 4.69) is 135 Å². The van der Waals surface area contributed by atoms with Crippen molar-refractivity contribution < 1.29 is 8.39 Å². The van der Waals surface area contributed by atoms with E-state index in [1.807, 2.05) is 0 Å². The Labute approximate surface area is 275 Å². The van der Waals surface area contributed by atoms with Gasteiger partial charge in [-0.05, 0) is 72.0 Å². The molecular weight excluding hydrogens is 600 g/mol. The van der Waals surface area contributed by atoms with Gasteiger partial charge in [0.1, 0.15) is 11.2 Å². The second-order valence-electron chi connectivity index (χ2n) is 13.9. The van der Waals surface area contributed by atoms with Crippen molar-refractivity contribution in [3.05, 3.63) is 103 Å². The van der Waals surface area contributed by atoms with Gasteiger partial charge in [0.2, 0.25) is 0 Å². The fraction of sp³-hybridized carbons (Fsp3) is 0.366. The van der Waals surface area contributed by atoms with E-state index in [9.17, 15) is 0 Å². The third-order valence-electron chi connectivity index (χ3n) is 10.9. The molecule has 46 heavy (non-hydrogen) atoms. The van der Waals surface area contributed by atoms with Gasteiger partial charge in [0.25, 0.3) is 0 Å². The molecule has 2 saturated carbocycles. The van der Waals surface area contributed by atoms with Crippen molar-refractivity contribution in [1.82, 2.24) is 0 Å². The summed E-state index contributed by atoms with van der Waals surface area (Å²) in [6.45, 7) is 7.49. The van der Waals surface area contributed by atoms with Gasteiger partial charge in [0.15, 0.2) is 0 Å². The zero-order valence-electron chi connectivity index (χ0n) is 27.9. The lowest BCUT2D eigenvalue weighted by atomic mass is 9.99. The molecule has 0 N–H and O–H groups in total. The summed E-state index contributed by atoms with van der Waals surface area (Å²) in [7, 11) is -0.451. The number of benzene rings is 5. The molecule has 2 fully saturated rings.